The van der Waals surface area contributed by atoms with Gasteiger partial charge in [0.05, 0.1) is 12.7 Å². The molecular weight excluding hydrogens is 398 g/mol. The molecule has 2 aromatic rings. The molecule has 2 aromatic carbocycles. The number of rotatable bonds is 4. The lowest BCUT2D eigenvalue weighted by atomic mass is 10.2. The summed E-state index contributed by atoms with van der Waals surface area (Å²) in [6.07, 6.45) is -9.45. The van der Waals surface area contributed by atoms with Crippen LogP contribution in [0.25, 0.3) is 0 Å². The number of methoxy groups -OCH3 is 1. The lowest BCUT2D eigenvalue weighted by Gasteiger charge is -2.15. The topological polar surface area (TPSA) is 42.5 Å². The summed E-state index contributed by atoms with van der Waals surface area (Å²) in [7, 11) is 1.21. The van der Waals surface area contributed by atoms with Crippen molar-refractivity contribution < 1.29 is 35.8 Å². The lowest BCUT2D eigenvalue weighted by Crippen LogP contribution is -2.20. The Balaban J connectivity index is 2.13. The number of benzene rings is 2. The Morgan fingerprint density at radius 2 is 1.52 bits per heavy atom. The summed E-state index contributed by atoms with van der Waals surface area (Å²) in [6.45, 7) is 0. The van der Waals surface area contributed by atoms with Gasteiger partial charge in [0.25, 0.3) is 0 Å². The molecule has 27 heavy (non-hydrogen) atoms. The van der Waals surface area contributed by atoms with Gasteiger partial charge in [-0.15, -0.1) is 13.2 Å². The van der Waals surface area contributed by atoms with E-state index < -0.39 is 23.9 Å². The van der Waals surface area contributed by atoms with Crippen molar-refractivity contribution in [3.63, 3.8) is 0 Å². The van der Waals surface area contributed by atoms with Gasteiger partial charge in [-0.05, 0) is 36.5 Å². The first kappa shape index (κ1) is 20.6. The van der Waals surface area contributed by atoms with E-state index in [1.165, 1.54) is 25.3 Å². The van der Waals surface area contributed by atoms with Crippen molar-refractivity contribution in [3.8, 4) is 11.5 Å². The molecule has 0 bridgehead atoms. The average molecular weight is 410 g/mol. The van der Waals surface area contributed by atoms with E-state index in [9.17, 15) is 26.3 Å². The molecule has 0 aliphatic heterocycles. The smallest absolute Gasteiger partial charge is 0.497 e. The minimum absolute atomic E-state index is 0.0122. The lowest BCUT2D eigenvalue weighted by molar-refractivity contribution is -0.274. The van der Waals surface area contributed by atoms with E-state index in [2.05, 4.69) is 15.4 Å². The van der Waals surface area contributed by atoms with Crippen LogP contribution in [-0.2, 0) is 6.18 Å². The molecule has 0 unspecified atom stereocenters. The number of halogens is 6. The van der Waals surface area contributed by atoms with Crippen LogP contribution in [-0.4, -0.2) is 18.6 Å². The van der Waals surface area contributed by atoms with Crippen LogP contribution in [0.15, 0.2) is 42.5 Å². The van der Waals surface area contributed by atoms with Crippen molar-refractivity contribution >= 4 is 28.7 Å². The molecule has 0 spiro atoms. The summed E-state index contributed by atoms with van der Waals surface area (Å²) in [6, 6.07) is 7.75. The van der Waals surface area contributed by atoms with Gasteiger partial charge in [0.15, 0.2) is 5.11 Å². The van der Waals surface area contributed by atoms with E-state index >= 15 is 0 Å². The second-order valence-electron chi connectivity index (χ2n) is 5.10. The largest absolute Gasteiger partial charge is 0.573 e. The fourth-order valence-corrected chi connectivity index (χ4v) is 2.25. The Morgan fingerprint density at radius 1 is 0.889 bits per heavy atom. The summed E-state index contributed by atoms with van der Waals surface area (Å²) in [4.78, 5) is 0. The predicted octanol–water partition coefficient (Wildman–Crippen LogP) is 5.42. The van der Waals surface area contributed by atoms with E-state index in [1.54, 1.807) is 0 Å². The van der Waals surface area contributed by atoms with Gasteiger partial charge < -0.3 is 20.1 Å². The summed E-state index contributed by atoms with van der Waals surface area (Å²) in [5.74, 6) is -0.522. The molecule has 2 rings (SSSR count). The standard InChI is InChI=1S/C16H12F6N2O2S/c1-25-13-6-9(15(17,18)19)5-11(8-13)24-14(27)23-10-3-2-4-12(7-10)26-16(20,21)22/h2-8H,1H3,(H2,23,24,27). The number of anilines is 2. The zero-order valence-corrected chi connectivity index (χ0v) is 14.4. The average Bonchev–Trinajstić information content (AvgIpc) is 2.52. The van der Waals surface area contributed by atoms with Crippen molar-refractivity contribution in [2.45, 2.75) is 12.5 Å². The molecule has 0 heterocycles. The molecule has 4 nitrogen and oxygen atoms in total. The molecule has 0 aliphatic carbocycles. The Hall–Kier alpha value is -2.69. The van der Waals surface area contributed by atoms with Crippen LogP contribution in [0.2, 0.25) is 0 Å². The summed E-state index contributed by atoms with van der Waals surface area (Å²) < 4.78 is 84.1. The van der Waals surface area contributed by atoms with Gasteiger partial charge in [0, 0.05) is 23.5 Å². The fourth-order valence-electron chi connectivity index (χ4n) is 2.02. The number of thiocarbonyl (C=S) groups is 1. The minimum Gasteiger partial charge on any atom is -0.497 e. The number of nitrogens with one attached hydrogen (secondary N) is 2. The Bertz CT molecular complexity index is 823. The molecule has 2 N–H and O–H groups in total. The number of hydrogen-bond donors (Lipinski definition) is 2. The molecule has 0 aliphatic rings. The van der Waals surface area contributed by atoms with Gasteiger partial charge in [-0.3, -0.25) is 0 Å². The third kappa shape index (κ3) is 6.51. The van der Waals surface area contributed by atoms with Crippen molar-refractivity contribution in [1.82, 2.24) is 0 Å². The summed E-state index contributed by atoms with van der Waals surface area (Å²) in [5.41, 5.74) is -0.817. The third-order valence-electron chi connectivity index (χ3n) is 3.05. The van der Waals surface area contributed by atoms with Crippen molar-refractivity contribution in [2.24, 2.45) is 0 Å². The molecule has 146 valence electrons. The van der Waals surface area contributed by atoms with Crippen LogP contribution < -0.4 is 20.1 Å². The molecule has 0 saturated carbocycles. The Morgan fingerprint density at radius 3 is 2.11 bits per heavy atom. The second kappa shape index (κ2) is 7.91. The van der Waals surface area contributed by atoms with Crippen LogP contribution in [0, 0.1) is 0 Å². The van der Waals surface area contributed by atoms with Crippen molar-refractivity contribution in [1.29, 1.82) is 0 Å². The molecule has 0 amide bonds. The third-order valence-corrected chi connectivity index (χ3v) is 3.26. The highest BCUT2D eigenvalue weighted by Gasteiger charge is 2.32. The van der Waals surface area contributed by atoms with Gasteiger partial charge in [-0.25, -0.2) is 0 Å². The number of ether oxygens (including phenoxy) is 2. The van der Waals surface area contributed by atoms with Gasteiger partial charge in [-0.2, -0.15) is 13.2 Å². The monoisotopic (exact) mass is 410 g/mol. The van der Waals surface area contributed by atoms with Gasteiger partial charge in [-0.1, -0.05) is 6.07 Å². The Labute approximate surface area is 155 Å². The maximum atomic E-state index is 12.9. The maximum Gasteiger partial charge on any atom is 0.573 e. The van der Waals surface area contributed by atoms with E-state index in [4.69, 9.17) is 17.0 Å². The van der Waals surface area contributed by atoms with E-state index in [0.717, 1.165) is 24.3 Å². The van der Waals surface area contributed by atoms with Crippen LogP contribution in [0.3, 0.4) is 0 Å². The van der Waals surface area contributed by atoms with Crippen LogP contribution in [0.5, 0.6) is 11.5 Å². The van der Waals surface area contributed by atoms with E-state index in [0.29, 0.717) is 0 Å². The normalized spacial score (nSPS) is 11.7. The van der Waals surface area contributed by atoms with Gasteiger partial charge in [0.2, 0.25) is 0 Å². The highest BCUT2D eigenvalue weighted by molar-refractivity contribution is 7.80. The van der Waals surface area contributed by atoms with E-state index in [-0.39, 0.29) is 22.2 Å². The highest BCUT2D eigenvalue weighted by atomic mass is 32.1. The van der Waals surface area contributed by atoms with Crippen molar-refractivity contribution in [2.75, 3.05) is 17.7 Å². The second-order valence-corrected chi connectivity index (χ2v) is 5.51. The SMILES string of the molecule is COc1cc(NC(=S)Nc2cccc(OC(F)(F)F)c2)cc(C(F)(F)F)c1. The fraction of sp³-hybridized carbons (Fsp3) is 0.188. The quantitative estimate of drug-likeness (QED) is 0.520. The Kier molecular flexibility index (Phi) is 6.04. The molecule has 11 heteroatoms. The predicted molar refractivity (Wildman–Crippen MR) is 91.0 cm³/mol. The van der Waals surface area contributed by atoms with Gasteiger partial charge >= 0.3 is 12.5 Å². The van der Waals surface area contributed by atoms with Crippen LogP contribution in [0.1, 0.15) is 5.56 Å². The first-order valence-corrected chi connectivity index (χ1v) is 7.57. The van der Waals surface area contributed by atoms with Crippen LogP contribution in [0.4, 0.5) is 37.7 Å². The van der Waals surface area contributed by atoms with Crippen LogP contribution >= 0.6 is 12.2 Å². The maximum absolute atomic E-state index is 12.9. The van der Waals surface area contributed by atoms with Crippen molar-refractivity contribution in [3.05, 3.63) is 48.0 Å². The molecule has 0 fully saturated rings. The summed E-state index contributed by atoms with van der Waals surface area (Å²) >= 11 is 4.98. The molecule has 0 atom stereocenters. The zero-order valence-electron chi connectivity index (χ0n) is 13.5. The molecule has 0 radical (unpaired) electrons. The number of alkyl halides is 6. The first-order valence-electron chi connectivity index (χ1n) is 7.16. The summed E-state index contributed by atoms with van der Waals surface area (Å²) in [5, 5.41) is 4.95. The molecule has 0 aromatic heterocycles. The molecular formula is C16H12F6N2O2S. The highest BCUT2D eigenvalue weighted by Crippen LogP contribution is 2.34. The van der Waals surface area contributed by atoms with Gasteiger partial charge in [0.1, 0.15) is 11.5 Å². The first-order chi connectivity index (χ1) is 12.5. The molecule has 0 saturated heterocycles. The minimum atomic E-state index is -4.86. The zero-order chi connectivity index (χ0) is 20.2. The number of hydrogen-bond acceptors (Lipinski definition) is 3. The van der Waals surface area contributed by atoms with E-state index in [1.807, 2.05) is 0 Å².